The fourth-order valence-corrected chi connectivity index (χ4v) is 3.76. The van der Waals surface area contributed by atoms with Crippen molar-refractivity contribution in [2.75, 3.05) is 6.54 Å². The van der Waals surface area contributed by atoms with Crippen LogP contribution in [0.1, 0.15) is 59.3 Å². The summed E-state index contributed by atoms with van der Waals surface area (Å²) < 4.78 is 0. The van der Waals surface area contributed by atoms with E-state index in [2.05, 4.69) is 31.0 Å². The Labute approximate surface area is 117 Å². The SMILES string of the molecule is CC(C)C1NC(C2CCCC2)N(CC2(C)CC2)C1=O. The summed E-state index contributed by atoms with van der Waals surface area (Å²) >= 11 is 0. The van der Waals surface area contributed by atoms with E-state index in [0.29, 0.717) is 29.3 Å². The molecule has 3 nitrogen and oxygen atoms in total. The number of carbonyl (C=O) groups is 1. The maximum atomic E-state index is 12.7. The van der Waals surface area contributed by atoms with Crippen LogP contribution in [-0.2, 0) is 4.79 Å². The molecule has 0 spiro atoms. The van der Waals surface area contributed by atoms with Gasteiger partial charge in [0, 0.05) is 6.54 Å². The third-order valence-corrected chi connectivity index (χ3v) is 5.40. The second kappa shape index (κ2) is 4.76. The van der Waals surface area contributed by atoms with Crippen LogP contribution in [0.4, 0.5) is 0 Å². The largest absolute Gasteiger partial charge is 0.325 e. The molecule has 19 heavy (non-hydrogen) atoms. The van der Waals surface area contributed by atoms with E-state index in [1.807, 2.05) is 0 Å². The third-order valence-electron chi connectivity index (χ3n) is 5.40. The van der Waals surface area contributed by atoms with Gasteiger partial charge in [-0.05, 0) is 42.9 Å². The molecule has 2 saturated carbocycles. The molecule has 3 aliphatic rings. The fourth-order valence-electron chi connectivity index (χ4n) is 3.76. The molecule has 3 fully saturated rings. The molecule has 1 amide bonds. The van der Waals surface area contributed by atoms with Gasteiger partial charge in [0.2, 0.25) is 5.91 Å². The van der Waals surface area contributed by atoms with Gasteiger partial charge in [0.05, 0.1) is 12.2 Å². The van der Waals surface area contributed by atoms with Crippen LogP contribution in [0.5, 0.6) is 0 Å². The first kappa shape index (κ1) is 13.4. The molecule has 2 atom stereocenters. The molecule has 0 aromatic rings. The van der Waals surface area contributed by atoms with Crippen LogP contribution >= 0.6 is 0 Å². The molecule has 1 N–H and O–H groups in total. The first-order chi connectivity index (χ1) is 9.00. The highest BCUT2D eigenvalue weighted by atomic mass is 16.2. The highest BCUT2D eigenvalue weighted by molar-refractivity contribution is 5.84. The van der Waals surface area contributed by atoms with E-state index in [9.17, 15) is 4.79 Å². The zero-order chi connectivity index (χ0) is 13.6. The van der Waals surface area contributed by atoms with Crippen molar-refractivity contribution in [1.29, 1.82) is 0 Å². The lowest BCUT2D eigenvalue weighted by atomic mass is 10.0. The van der Waals surface area contributed by atoms with Crippen molar-refractivity contribution >= 4 is 5.91 Å². The van der Waals surface area contributed by atoms with Crippen LogP contribution in [0, 0.1) is 17.3 Å². The first-order valence-corrected chi connectivity index (χ1v) is 8.07. The Balaban J connectivity index is 1.76. The second-order valence-corrected chi connectivity index (χ2v) is 7.65. The Hall–Kier alpha value is -0.570. The quantitative estimate of drug-likeness (QED) is 0.847. The van der Waals surface area contributed by atoms with Crippen molar-refractivity contribution in [2.24, 2.45) is 17.3 Å². The zero-order valence-corrected chi connectivity index (χ0v) is 12.6. The lowest BCUT2D eigenvalue weighted by Gasteiger charge is -2.31. The molecule has 1 saturated heterocycles. The van der Waals surface area contributed by atoms with Gasteiger partial charge in [-0.3, -0.25) is 10.1 Å². The van der Waals surface area contributed by atoms with Gasteiger partial charge in [-0.1, -0.05) is 33.6 Å². The molecule has 2 aliphatic carbocycles. The minimum Gasteiger partial charge on any atom is -0.325 e. The van der Waals surface area contributed by atoms with Crippen LogP contribution in [0.15, 0.2) is 0 Å². The monoisotopic (exact) mass is 264 g/mol. The molecular weight excluding hydrogens is 236 g/mol. The zero-order valence-electron chi connectivity index (χ0n) is 12.6. The van der Waals surface area contributed by atoms with E-state index < -0.39 is 0 Å². The predicted octanol–water partition coefficient (Wildman–Crippen LogP) is 2.76. The van der Waals surface area contributed by atoms with Crippen LogP contribution in [0.2, 0.25) is 0 Å². The Bertz CT molecular complexity index is 356. The van der Waals surface area contributed by atoms with Crippen molar-refractivity contribution in [1.82, 2.24) is 10.2 Å². The number of nitrogens with one attached hydrogen (secondary N) is 1. The van der Waals surface area contributed by atoms with Crippen LogP contribution < -0.4 is 5.32 Å². The Morgan fingerprint density at radius 1 is 1.32 bits per heavy atom. The molecule has 3 heteroatoms. The number of amides is 1. The van der Waals surface area contributed by atoms with Gasteiger partial charge >= 0.3 is 0 Å². The Morgan fingerprint density at radius 2 is 1.95 bits per heavy atom. The van der Waals surface area contributed by atoms with Gasteiger partial charge in [-0.25, -0.2) is 0 Å². The van der Waals surface area contributed by atoms with Crippen LogP contribution in [0.3, 0.4) is 0 Å². The number of rotatable bonds is 4. The van der Waals surface area contributed by atoms with E-state index >= 15 is 0 Å². The first-order valence-electron chi connectivity index (χ1n) is 8.07. The molecular formula is C16H28N2O. The minimum atomic E-state index is 0.0490. The fraction of sp³-hybridized carbons (Fsp3) is 0.938. The highest BCUT2D eigenvalue weighted by Gasteiger charge is 2.49. The molecule has 0 radical (unpaired) electrons. The van der Waals surface area contributed by atoms with E-state index in [1.165, 1.54) is 38.5 Å². The molecule has 1 heterocycles. The molecule has 0 aromatic carbocycles. The van der Waals surface area contributed by atoms with Crippen molar-refractivity contribution in [3.05, 3.63) is 0 Å². The number of hydrogen-bond donors (Lipinski definition) is 1. The molecule has 3 rings (SSSR count). The predicted molar refractivity (Wildman–Crippen MR) is 76.6 cm³/mol. The smallest absolute Gasteiger partial charge is 0.241 e. The summed E-state index contributed by atoms with van der Waals surface area (Å²) in [6, 6.07) is 0.0490. The summed E-state index contributed by atoms with van der Waals surface area (Å²) in [7, 11) is 0. The summed E-state index contributed by atoms with van der Waals surface area (Å²) in [5.41, 5.74) is 0.417. The molecule has 1 aliphatic heterocycles. The Morgan fingerprint density at radius 3 is 2.47 bits per heavy atom. The molecule has 0 aromatic heterocycles. The summed E-state index contributed by atoms with van der Waals surface area (Å²) in [4.78, 5) is 14.9. The van der Waals surface area contributed by atoms with E-state index in [0.717, 1.165) is 6.54 Å². The summed E-state index contributed by atoms with van der Waals surface area (Å²) in [6.45, 7) is 7.62. The number of nitrogens with zero attached hydrogens (tertiary/aromatic N) is 1. The topological polar surface area (TPSA) is 32.3 Å². The van der Waals surface area contributed by atoms with Crippen LogP contribution in [-0.4, -0.2) is 29.6 Å². The molecule has 108 valence electrons. The lowest BCUT2D eigenvalue weighted by molar-refractivity contribution is -0.132. The molecule has 0 bridgehead atoms. The van der Waals surface area contributed by atoms with E-state index in [-0.39, 0.29) is 6.04 Å². The summed E-state index contributed by atoms with van der Waals surface area (Å²) in [5, 5.41) is 3.66. The average molecular weight is 264 g/mol. The summed E-state index contributed by atoms with van der Waals surface area (Å²) in [5.74, 6) is 1.45. The standard InChI is InChI=1S/C16H28N2O/c1-11(2)13-15(19)18(10-16(3)8-9-16)14(17-13)12-6-4-5-7-12/h11-14,17H,4-10H2,1-3H3. The van der Waals surface area contributed by atoms with Gasteiger partial charge in [0.15, 0.2) is 0 Å². The molecule has 2 unspecified atom stereocenters. The second-order valence-electron chi connectivity index (χ2n) is 7.65. The average Bonchev–Trinajstić information content (AvgIpc) is 2.80. The van der Waals surface area contributed by atoms with Crippen molar-refractivity contribution in [3.8, 4) is 0 Å². The minimum absolute atomic E-state index is 0.0490. The van der Waals surface area contributed by atoms with Gasteiger partial charge in [-0.15, -0.1) is 0 Å². The van der Waals surface area contributed by atoms with Gasteiger partial charge < -0.3 is 4.90 Å². The van der Waals surface area contributed by atoms with Crippen molar-refractivity contribution < 1.29 is 4.79 Å². The maximum Gasteiger partial charge on any atom is 0.241 e. The number of hydrogen-bond acceptors (Lipinski definition) is 2. The van der Waals surface area contributed by atoms with Crippen molar-refractivity contribution in [3.63, 3.8) is 0 Å². The maximum absolute atomic E-state index is 12.7. The normalized spacial score (nSPS) is 34.5. The third kappa shape index (κ3) is 2.54. The van der Waals surface area contributed by atoms with E-state index in [1.54, 1.807) is 0 Å². The van der Waals surface area contributed by atoms with Gasteiger partial charge in [0.1, 0.15) is 0 Å². The number of carbonyl (C=O) groups excluding carboxylic acids is 1. The van der Waals surface area contributed by atoms with Crippen molar-refractivity contribution in [2.45, 2.75) is 71.5 Å². The van der Waals surface area contributed by atoms with Crippen LogP contribution in [0.25, 0.3) is 0 Å². The highest BCUT2D eigenvalue weighted by Crippen LogP contribution is 2.47. The van der Waals surface area contributed by atoms with Gasteiger partial charge in [-0.2, -0.15) is 0 Å². The Kier molecular flexibility index (Phi) is 3.36. The van der Waals surface area contributed by atoms with E-state index in [4.69, 9.17) is 0 Å². The summed E-state index contributed by atoms with van der Waals surface area (Å²) in [6.07, 6.45) is 8.18. The lowest BCUT2D eigenvalue weighted by Crippen LogP contribution is -2.44. The van der Waals surface area contributed by atoms with Gasteiger partial charge in [0.25, 0.3) is 0 Å².